The maximum Gasteiger partial charge on any atom is 0.262 e. The van der Waals surface area contributed by atoms with Crippen molar-refractivity contribution in [1.82, 2.24) is 4.98 Å². The molecule has 1 N–H and O–H groups in total. The first kappa shape index (κ1) is 17.9. The van der Waals surface area contributed by atoms with Crippen molar-refractivity contribution < 1.29 is 9.53 Å². The Balaban J connectivity index is 1.80. The fourth-order valence-corrected chi connectivity index (χ4v) is 3.78. The van der Waals surface area contributed by atoms with Crippen molar-refractivity contribution in [2.24, 2.45) is 0 Å². The normalized spacial score (nSPS) is 10.7. The van der Waals surface area contributed by atoms with Gasteiger partial charge in [-0.25, -0.2) is 0 Å². The summed E-state index contributed by atoms with van der Waals surface area (Å²) in [7, 11) is 0. The van der Waals surface area contributed by atoms with E-state index in [9.17, 15) is 4.79 Å². The van der Waals surface area contributed by atoms with Crippen LogP contribution >= 0.6 is 34.2 Å². The second kappa shape index (κ2) is 7.58. The van der Waals surface area contributed by atoms with Crippen molar-refractivity contribution in [3.05, 3.63) is 62.3 Å². The number of carbonyl (C=O) groups excluding carboxylic acids is 1. The van der Waals surface area contributed by atoms with Crippen molar-refractivity contribution in [2.75, 3.05) is 11.9 Å². The molecular formula is C19H16ClIN2O2. The smallest absolute Gasteiger partial charge is 0.262 e. The number of para-hydroxylation sites is 1. The molecule has 1 aromatic heterocycles. The van der Waals surface area contributed by atoms with Crippen LogP contribution in [0.15, 0.2) is 42.6 Å². The molecule has 0 atom stereocenters. The Kier molecular flexibility index (Phi) is 5.44. The van der Waals surface area contributed by atoms with Crippen LogP contribution in [0.3, 0.4) is 0 Å². The third kappa shape index (κ3) is 3.88. The topological polar surface area (TPSA) is 51.2 Å². The van der Waals surface area contributed by atoms with Crippen molar-refractivity contribution in [3.8, 4) is 5.75 Å². The van der Waals surface area contributed by atoms with Crippen molar-refractivity contribution in [3.63, 3.8) is 0 Å². The van der Waals surface area contributed by atoms with Crippen LogP contribution in [0.1, 0.15) is 11.1 Å². The summed E-state index contributed by atoms with van der Waals surface area (Å²) in [5.41, 5.74) is 3.51. The van der Waals surface area contributed by atoms with Gasteiger partial charge in [-0.1, -0.05) is 29.8 Å². The summed E-state index contributed by atoms with van der Waals surface area (Å²) in [6.07, 6.45) is 1.68. The highest BCUT2D eigenvalue weighted by Gasteiger charge is 2.14. The zero-order chi connectivity index (χ0) is 18.0. The van der Waals surface area contributed by atoms with Gasteiger partial charge in [0.1, 0.15) is 5.52 Å². The maximum absolute atomic E-state index is 12.3. The number of pyridine rings is 1. The average Bonchev–Trinajstić information content (AvgIpc) is 2.58. The molecule has 0 aliphatic heterocycles. The van der Waals surface area contributed by atoms with E-state index in [1.165, 1.54) is 0 Å². The number of carbonyl (C=O) groups is 1. The molecule has 0 bridgehead atoms. The zero-order valence-electron chi connectivity index (χ0n) is 13.8. The fraction of sp³-hybridized carbons (Fsp3) is 0.158. The third-order valence-corrected chi connectivity index (χ3v) is 4.96. The van der Waals surface area contributed by atoms with Crippen LogP contribution in [0, 0.1) is 17.4 Å². The van der Waals surface area contributed by atoms with Gasteiger partial charge < -0.3 is 10.1 Å². The molecule has 4 nitrogen and oxygen atoms in total. The number of hydrogen-bond acceptors (Lipinski definition) is 3. The molecule has 3 aromatic rings. The first-order valence-electron chi connectivity index (χ1n) is 7.69. The average molecular weight is 467 g/mol. The largest absolute Gasteiger partial charge is 0.480 e. The Morgan fingerprint density at radius 3 is 2.68 bits per heavy atom. The third-order valence-electron chi connectivity index (χ3n) is 3.84. The van der Waals surface area contributed by atoms with Gasteiger partial charge in [0, 0.05) is 17.3 Å². The molecule has 1 heterocycles. The maximum atomic E-state index is 12.3. The standard InChI is InChI=1S/C19H16ClIN2O2/c1-11-5-3-6-12(2)17(11)23-16(24)10-25-19-15(21)9-14(20)13-7-4-8-22-18(13)19/h3-9H,10H2,1-2H3,(H,23,24). The summed E-state index contributed by atoms with van der Waals surface area (Å²) >= 11 is 8.39. The highest BCUT2D eigenvalue weighted by molar-refractivity contribution is 14.1. The second-order valence-electron chi connectivity index (χ2n) is 5.67. The minimum Gasteiger partial charge on any atom is -0.480 e. The van der Waals surface area contributed by atoms with Gasteiger partial charge in [-0.15, -0.1) is 0 Å². The Hall–Kier alpha value is -1.86. The molecule has 6 heteroatoms. The molecule has 0 unspecified atom stereocenters. The van der Waals surface area contributed by atoms with Crippen LogP contribution in [0.5, 0.6) is 5.75 Å². The van der Waals surface area contributed by atoms with E-state index in [0.29, 0.717) is 16.3 Å². The summed E-state index contributed by atoms with van der Waals surface area (Å²) < 4.78 is 6.59. The van der Waals surface area contributed by atoms with Gasteiger partial charge in [0.15, 0.2) is 12.4 Å². The number of fused-ring (bicyclic) bond motifs is 1. The molecule has 0 aliphatic rings. The van der Waals surface area contributed by atoms with Crippen LogP contribution in [0.2, 0.25) is 5.02 Å². The summed E-state index contributed by atoms with van der Waals surface area (Å²) in [6, 6.07) is 11.4. The quantitative estimate of drug-likeness (QED) is 0.543. The summed E-state index contributed by atoms with van der Waals surface area (Å²) in [6.45, 7) is 3.82. The molecule has 0 radical (unpaired) electrons. The number of nitrogens with zero attached hydrogens (tertiary/aromatic N) is 1. The fourth-order valence-electron chi connectivity index (χ4n) is 2.61. The number of anilines is 1. The number of benzene rings is 2. The van der Waals surface area contributed by atoms with Gasteiger partial charge in [0.25, 0.3) is 5.91 Å². The molecule has 0 aliphatic carbocycles. The highest BCUT2D eigenvalue weighted by atomic mass is 127. The molecule has 128 valence electrons. The number of aryl methyl sites for hydroxylation is 2. The summed E-state index contributed by atoms with van der Waals surface area (Å²) in [4.78, 5) is 16.7. The molecule has 3 rings (SSSR count). The Morgan fingerprint density at radius 1 is 1.24 bits per heavy atom. The van der Waals surface area contributed by atoms with E-state index >= 15 is 0 Å². The number of rotatable bonds is 4. The molecule has 1 amide bonds. The van der Waals surface area contributed by atoms with E-state index in [1.807, 2.05) is 50.2 Å². The van der Waals surface area contributed by atoms with E-state index in [0.717, 1.165) is 25.8 Å². The first-order chi connectivity index (χ1) is 12.0. The Bertz CT molecular complexity index is 939. The Labute approximate surface area is 164 Å². The predicted octanol–water partition coefficient (Wildman–Crippen LogP) is 5.13. The number of halogens is 2. The van der Waals surface area contributed by atoms with Crippen molar-refractivity contribution >= 4 is 56.7 Å². The molecule has 25 heavy (non-hydrogen) atoms. The monoisotopic (exact) mass is 466 g/mol. The molecule has 0 fully saturated rings. The van der Waals surface area contributed by atoms with Crippen LogP contribution in [-0.2, 0) is 4.79 Å². The van der Waals surface area contributed by atoms with Crippen molar-refractivity contribution in [2.45, 2.75) is 13.8 Å². The Morgan fingerprint density at radius 2 is 1.96 bits per heavy atom. The lowest BCUT2D eigenvalue weighted by molar-refractivity contribution is -0.118. The van der Waals surface area contributed by atoms with Gasteiger partial charge in [-0.2, -0.15) is 0 Å². The van der Waals surface area contributed by atoms with Crippen molar-refractivity contribution in [1.29, 1.82) is 0 Å². The minimum absolute atomic E-state index is 0.100. The SMILES string of the molecule is Cc1cccc(C)c1NC(=O)COc1c(I)cc(Cl)c2cccnc12. The number of aromatic nitrogens is 1. The van der Waals surface area contributed by atoms with E-state index < -0.39 is 0 Å². The molecule has 2 aromatic carbocycles. The van der Waals surface area contributed by atoms with Gasteiger partial charge in [0.05, 0.1) is 8.59 Å². The molecule has 0 spiro atoms. The first-order valence-corrected chi connectivity index (χ1v) is 9.14. The van der Waals surface area contributed by atoms with Crippen LogP contribution in [0.25, 0.3) is 10.9 Å². The minimum atomic E-state index is -0.216. The van der Waals surface area contributed by atoms with E-state index in [1.54, 1.807) is 6.20 Å². The van der Waals surface area contributed by atoms with E-state index in [-0.39, 0.29) is 12.5 Å². The summed E-state index contributed by atoms with van der Waals surface area (Å²) in [5, 5.41) is 4.33. The highest BCUT2D eigenvalue weighted by Crippen LogP contribution is 2.34. The van der Waals surface area contributed by atoms with Crippen LogP contribution in [0.4, 0.5) is 5.69 Å². The molecular weight excluding hydrogens is 451 g/mol. The number of hydrogen-bond donors (Lipinski definition) is 1. The van der Waals surface area contributed by atoms with Crippen LogP contribution < -0.4 is 10.1 Å². The second-order valence-corrected chi connectivity index (χ2v) is 7.24. The lowest BCUT2D eigenvalue weighted by atomic mass is 10.1. The predicted molar refractivity (Wildman–Crippen MR) is 110 cm³/mol. The molecule has 0 saturated heterocycles. The van der Waals surface area contributed by atoms with Crippen LogP contribution in [-0.4, -0.2) is 17.5 Å². The number of nitrogens with one attached hydrogen (secondary N) is 1. The zero-order valence-corrected chi connectivity index (χ0v) is 16.7. The number of ether oxygens (including phenoxy) is 1. The van der Waals surface area contributed by atoms with Gasteiger partial charge in [-0.05, 0) is 65.8 Å². The lowest BCUT2D eigenvalue weighted by Gasteiger charge is -2.14. The molecule has 0 saturated carbocycles. The van der Waals surface area contributed by atoms with Gasteiger partial charge in [-0.3, -0.25) is 9.78 Å². The number of amides is 1. The van der Waals surface area contributed by atoms with Gasteiger partial charge >= 0.3 is 0 Å². The van der Waals surface area contributed by atoms with E-state index in [4.69, 9.17) is 16.3 Å². The summed E-state index contributed by atoms with van der Waals surface area (Å²) in [5.74, 6) is 0.351. The van der Waals surface area contributed by atoms with Gasteiger partial charge in [0.2, 0.25) is 0 Å². The van der Waals surface area contributed by atoms with E-state index in [2.05, 4.69) is 32.9 Å². The lowest BCUT2D eigenvalue weighted by Crippen LogP contribution is -2.21.